The molecule has 0 aliphatic carbocycles. The summed E-state index contributed by atoms with van der Waals surface area (Å²) in [5.74, 6) is 2.87. The zero-order chi connectivity index (χ0) is 13.2. The Balaban J connectivity index is 1.99. The van der Waals surface area contributed by atoms with E-state index in [2.05, 4.69) is 10.1 Å². The molecular formula is C12H18N2O3S. The lowest BCUT2D eigenvalue weighted by Crippen LogP contribution is -2.22. The Hall–Kier alpha value is -0.880. The maximum Gasteiger partial charge on any atom is 0.234 e. The van der Waals surface area contributed by atoms with Crippen LogP contribution in [0.2, 0.25) is 0 Å². The van der Waals surface area contributed by atoms with Crippen LogP contribution in [0.4, 0.5) is 0 Å². The van der Waals surface area contributed by atoms with Crippen LogP contribution in [0.15, 0.2) is 4.52 Å². The fraction of sp³-hybridized carbons (Fsp3) is 0.750. The van der Waals surface area contributed by atoms with Crippen LogP contribution in [0.5, 0.6) is 0 Å². The molecule has 1 aromatic rings. The minimum Gasteiger partial charge on any atom is -0.368 e. The molecule has 6 heteroatoms. The van der Waals surface area contributed by atoms with Crippen molar-refractivity contribution in [1.82, 2.24) is 10.1 Å². The number of aromatic nitrogens is 2. The van der Waals surface area contributed by atoms with Gasteiger partial charge in [0.2, 0.25) is 11.7 Å². The van der Waals surface area contributed by atoms with Crippen molar-refractivity contribution in [3.05, 3.63) is 11.7 Å². The Morgan fingerprint density at radius 3 is 2.89 bits per heavy atom. The van der Waals surface area contributed by atoms with Crippen LogP contribution in [-0.4, -0.2) is 34.0 Å². The van der Waals surface area contributed by atoms with Crippen LogP contribution in [0, 0.1) is 5.41 Å². The molecule has 0 radical (unpaired) electrons. The first-order valence-electron chi connectivity index (χ1n) is 6.02. The number of Topliss-reactive ketones (excluding diaryl/α,β-unsaturated/α-hetero) is 1. The maximum absolute atomic E-state index is 11.9. The predicted molar refractivity (Wildman–Crippen MR) is 68.5 cm³/mol. The molecule has 0 N–H and O–H groups in total. The number of ether oxygens (including phenoxy) is 1. The second-order valence-electron chi connectivity index (χ2n) is 5.33. The van der Waals surface area contributed by atoms with E-state index >= 15 is 0 Å². The van der Waals surface area contributed by atoms with Gasteiger partial charge in [0.15, 0.2) is 0 Å². The van der Waals surface area contributed by atoms with Gasteiger partial charge in [-0.1, -0.05) is 25.9 Å². The highest BCUT2D eigenvalue weighted by Gasteiger charge is 2.26. The van der Waals surface area contributed by atoms with Gasteiger partial charge < -0.3 is 9.26 Å². The molecule has 1 fully saturated rings. The first-order valence-corrected chi connectivity index (χ1v) is 7.17. The molecule has 0 bridgehead atoms. The van der Waals surface area contributed by atoms with Crippen LogP contribution >= 0.6 is 11.8 Å². The van der Waals surface area contributed by atoms with Gasteiger partial charge in [-0.2, -0.15) is 16.7 Å². The highest BCUT2D eigenvalue weighted by atomic mass is 32.2. The Labute approximate surface area is 111 Å². The fourth-order valence-electron chi connectivity index (χ4n) is 1.51. The minimum atomic E-state index is -0.383. The number of thioether (sulfide) groups is 1. The number of rotatable bonds is 3. The second-order valence-corrected chi connectivity index (χ2v) is 6.48. The van der Waals surface area contributed by atoms with E-state index in [-0.39, 0.29) is 23.7 Å². The third kappa shape index (κ3) is 3.32. The van der Waals surface area contributed by atoms with Gasteiger partial charge in [-0.05, 0) is 0 Å². The highest BCUT2D eigenvalue weighted by molar-refractivity contribution is 7.99. The summed E-state index contributed by atoms with van der Waals surface area (Å²) in [5, 5.41) is 3.90. The van der Waals surface area contributed by atoms with Gasteiger partial charge in [0, 0.05) is 16.9 Å². The zero-order valence-electron chi connectivity index (χ0n) is 10.9. The highest BCUT2D eigenvalue weighted by Crippen LogP contribution is 2.25. The Bertz CT molecular complexity index is 419. The molecule has 0 amide bonds. The van der Waals surface area contributed by atoms with Crippen molar-refractivity contribution >= 4 is 17.5 Å². The van der Waals surface area contributed by atoms with Crippen LogP contribution in [0.25, 0.3) is 0 Å². The molecule has 0 spiro atoms. The third-order valence-corrected chi connectivity index (χ3v) is 3.73. The van der Waals surface area contributed by atoms with Crippen molar-refractivity contribution in [2.24, 2.45) is 5.41 Å². The Morgan fingerprint density at radius 2 is 2.28 bits per heavy atom. The van der Waals surface area contributed by atoms with Gasteiger partial charge >= 0.3 is 0 Å². The van der Waals surface area contributed by atoms with Gasteiger partial charge in [-0.25, -0.2) is 0 Å². The number of ketones is 1. The number of carbonyl (C=O) groups excluding carboxylic acids is 1. The Morgan fingerprint density at radius 1 is 1.50 bits per heavy atom. The largest absolute Gasteiger partial charge is 0.368 e. The number of hydrogen-bond acceptors (Lipinski definition) is 6. The van der Waals surface area contributed by atoms with E-state index in [0.717, 1.165) is 11.5 Å². The molecule has 18 heavy (non-hydrogen) atoms. The molecule has 1 aliphatic heterocycles. The number of carbonyl (C=O) groups is 1. The molecule has 100 valence electrons. The fourth-order valence-corrected chi connectivity index (χ4v) is 2.35. The van der Waals surface area contributed by atoms with Crippen molar-refractivity contribution in [3.8, 4) is 0 Å². The van der Waals surface area contributed by atoms with E-state index in [9.17, 15) is 4.79 Å². The summed E-state index contributed by atoms with van der Waals surface area (Å²) in [7, 11) is 0. The van der Waals surface area contributed by atoms with Crippen molar-refractivity contribution in [2.75, 3.05) is 18.1 Å². The van der Waals surface area contributed by atoms with Gasteiger partial charge in [0.25, 0.3) is 0 Å². The van der Waals surface area contributed by atoms with E-state index in [4.69, 9.17) is 9.26 Å². The lowest BCUT2D eigenvalue weighted by molar-refractivity contribution is -0.125. The quantitative estimate of drug-likeness (QED) is 0.837. The normalized spacial score (nSPS) is 20.9. The van der Waals surface area contributed by atoms with Crippen LogP contribution in [-0.2, 0) is 16.0 Å². The summed E-state index contributed by atoms with van der Waals surface area (Å²) in [6, 6.07) is 0. The molecule has 0 saturated carbocycles. The molecule has 1 unspecified atom stereocenters. The predicted octanol–water partition coefficient (Wildman–Crippen LogP) is 2.03. The molecular weight excluding hydrogens is 252 g/mol. The molecule has 1 aromatic heterocycles. The molecule has 0 aromatic carbocycles. The summed E-state index contributed by atoms with van der Waals surface area (Å²) in [6.07, 6.45) is 0.0853. The topological polar surface area (TPSA) is 65.2 Å². The third-order valence-electron chi connectivity index (χ3n) is 2.74. The summed E-state index contributed by atoms with van der Waals surface area (Å²) in [5.41, 5.74) is -0.383. The lowest BCUT2D eigenvalue weighted by atomic mass is 9.89. The summed E-state index contributed by atoms with van der Waals surface area (Å²) < 4.78 is 10.7. The molecule has 1 aliphatic rings. The van der Waals surface area contributed by atoms with E-state index in [1.807, 2.05) is 32.5 Å². The van der Waals surface area contributed by atoms with Gasteiger partial charge in [-0.15, -0.1) is 0 Å². The molecule has 2 rings (SSSR count). The van der Waals surface area contributed by atoms with Crippen molar-refractivity contribution in [2.45, 2.75) is 33.3 Å². The van der Waals surface area contributed by atoms with Crippen LogP contribution in [0.3, 0.4) is 0 Å². The standard InChI is InChI=1S/C12H18N2O3S/c1-12(2,3)9(15)6-10-13-11(14-17-10)8-7-18-5-4-16-8/h8H,4-7H2,1-3H3. The average molecular weight is 270 g/mol. The number of hydrogen-bond donors (Lipinski definition) is 0. The monoisotopic (exact) mass is 270 g/mol. The molecule has 1 saturated heterocycles. The van der Waals surface area contributed by atoms with E-state index in [1.54, 1.807) is 0 Å². The summed E-state index contributed by atoms with van der Waals surface area (Å²) in [6.45, 7) is 6.36. The first kappa shape index (κ1) is 13.5. The number of nitrogens with zero attached hydrogens (tertiary/aromatic N) is 2. The second kappa shape index (κ2) is 5.40. The van der Waals surface area contributed by atoms with Gasteiger partial charge in [-0.3, -0.25) is 4.79 Å². The molecule has 5 nitrogen and oxygen atoms in total. The Kier molecular flexibility index (Phi) is 4.07. The molecule has 2 heterocycles. The van der Waals surface area contributed by atoms with Crippen molar-refractivity contribution in [1.29, 1.82) is 0 Å². The lowest BCUT2D eigenvalue weighted by Gasteiger charge is -2.18. The van der Waals surface area contributed by atoms with Gasteiger partial charge in [0.05, 0.1) is 13.0 Å². The van der Waals surface area contributed by atoms with E-state index < -0.39 is 0 Å². The zero-order valence-corrected chi connectivity index (χ0v) is 11.7. The minimum absolute atomic E-state index is 0.0941. The average Bonchev–Trinajstić information content (AvgIpc) is 2.77. The summed E-state index contributed by atoms with van der Waals surface area (Å²) >= 11 is 1.81. The SMILES string of the molecule is CC(C)(C)C(=O)Cc1nc(C2CSCCO2)no1. The first-order chi connectivity index (χ1) is 8.47. The van der Waals surface area contributed by atoms with Crippen molar-refractivity contribution in [3.63, 3.8) is 0 Å². The van der Waals surface area contributed by atoms with E-state index in [0.29, 0.717) is 18.3 Å². The molecule has 1 atom stereocenters. The van der Waals surface area contributed by atoms with Crippen LogP contribution < -0.4 is 0 Å². The van der Waals surface area contributed by atoms with Gasteiger partial charge in [0.1, 0.15) is 11.9 Å². The maximum atomic E-state index is 11.9. The smallest absolute Gasteiger partial charge is 0.234 e. The van der Waals surface area contributed by atoms with Crippen molar-refractivity contribution < 1.29 is 14.1 Å². The van der Waals surface area contributed by atoms with E-state index in [1.165, 1.54) is 0 Å². The van der Waals surface area contributed by atoms with Crippen LogP contribution in [0.1, 0.15) is 38.6 Å². The summed E-state index contributed by atoms with van der Waals surface area (Å²) in [4.78, 5) is 16.1.